The highest BCUT2D eigenvalue weighted by atomic mass is 14.9. The van der Waals surface area contributed by atoms with Gasteiger partial charge in [-0.2, -0.15) is 0 Å². The highest BCUT2D eigenvalue weighted by Crippen LogP contribution is 2.29. The number of anilines is 2. The van der Waals surface area contributed by atoms with Crippen LogP contribution < -0.4 is 10.6 Å². The summed E-state index contributed by atoms with van der Waals surface area (Å²) in [5, 5.41) is 7.69. The zero-order valence-electron chi connectivity index (χ0n) is 15.7. The predicted octanol–water partition coefficient (Wildman–Crippen LogP) is 6.37. The molecule has 0 heterocycles. The van der Waals surface area contributed by atoms with Gasteiger partial charge >= 0.3 is 0 Å². The summed E-state index contributed by atoms with van der Waals surface area (Å²) in [5.41, 5.74) is 4.19. The van der Waals surface area contributed by atoms with Crippen molar-refractivity contribution >= 4 is 11.4 Å². The van der Waals surface area contributed by atoms with E-state index in [4.69, 9.17) is 0 Å². The molecule has 2 aliphatic carbocycles. The Balaban J connectivity index is 1.71. The van der Waals surface area contributed by atoms with Gasteiger partial charge in [0.05, 0.1) is 0 Å². The van der Waals surface area contributed by atoms with Crippen molar-refractivity contribution < 1.29 is 0 Å². The molecule has 2 heteroatoms. The molecule has 0 aliphatic heterocycles. The van der Waals surface area contributed by atoms with Crippen LogP contribution in [0.5, 0.6) is 0 Å². The van der Waals surface area contributed by atoms with Crippen molar-refractivity contribution in [2.45, 2.75) is 96.6 Å². The minimum absolute atomic E-state index is 0.676. The number of hydrogen-bond acceptors (Lipinski definition) is 2. The third-order valence-corrected chi connectivity index (χ3v) is 5.68. The van der Waals surface area contributed by atoms with Crippen LogP contribution in [0.15, 0.2) is 18.2 Å². The van der Waals surface area contributed by atoms with Crippen LogP contribution in [0.2, 0.25) is 0 Å². The first-order chi connectivity index (χ1) is 11.7. The van der Waals surface area contributed by atoms with Gasteiger partial charge in [-0.15, -0.1) is 0 Å². The molecule has 2 saturated carbocycles. The van der Waals surface area contributed by atoms with E-state index in [-0.39, 0.29) is 0 Å². The Morgan fingerprint density at radius 1 is 0.833 bits per heavy atom. The van der Waals surface area contributed by atoms with Gasteiger partial charge in [0.2, 0.25) is 0 Å². The van der Waals surface area contributed by atoms with Crippen molar-refractivity contribution in [1.82, 2.24) is 0 Å². The smallest absolute Gasteiger partial charge is 0.0395 e. The summed E-state index contributed by atoms with van der Waals surface area (Å²) in [6.07, 6.45) is 14.9. The van der Waals surface area contributed by atoms with Crippen LogP contribution in [0, 0.1) is 5.92 Å². The Morgan fingerprint density at radius 3 is 2.00 bits per heavy atom. The topological polar surface area (TPSA) is 24.1 Å². The molecule has 2 N–H and O–H groups in total. The Morgan fingerprint density at radius 2 is 1.42 bits per heavy atom. The molecule has 0 radical (unpaired) electrons. The number of benzene rings is 1. The monoisotopic (exact) mass is 328 g/mol. The third-order valence-electron chi connectivity index (χ3n) is 5.68. The maximum atomic E-state index is 3.89. The second-order valence-electron chi connectivity index (χ2n) is 8.43. The average Bonchev–Trinajstić information content (AvgIpc) is 2.59. The molecule has 24 heavy (non-hydrogen) atoms. The molecule has 2 aliphatic rings. The Kier molecular flexibility index (Phi) is 6.45. The maximum absolute atomic E-state index is 3.89. The van der Waals surface area contributed by atoms with Crippen LogP contribution in [0.4, 0.5) is 11.4 Å². The van der Waals surface area contributed by atoms with Crippen molar-refractivity contribution in [3.63, 3.8) is 0 Å². The van der Waals surface area contributed by atoms with Crippen LogP contribution >= 0.6 is 0 Å². The molecule has 0 atom stereocenters. The molecule has 1 aromatic rings. The summed E-state index contributed by atoms with van der Waals surface area (Å²) in [5.74, 6) is 0.703. The van der Waals surface area contributed by atoms with E-state index in [1.807, 2.05) is 0 Å². The largest absolute Gasteiger partial charge is 0.382 e. The van der Waals surface area contributed by atoms with Crippen LogP contribution in [-0.2, 0) is 6.42 Å². The lowest BCUT2D eigenvalue weighted by molar-refractivity contribution is 0.461. The van der Waals surface area contributed by atoms with E-state index in [2.05, 4.69) is 42.7 Å². The Labute approximate surface area is 148 Å². The highest BCUT2D eigenvalue weighted by Gasteiger charge is 2.17. The van der Waals surface area contributed by atoms with Gasteiger partial charge in [-0.1, -0.05) is 58.4 Å². The average molecular weight is 329 g/mol. The summed E-state index contributed by atoms with van der Waals surface area (Å²) < 4.78 is 0. The zero-order chi connectivity index (χ0) is 16.8. The lowest BCUT2D eigenvalue weighted by Gasteiger charge is -2.27. The van der Waals surface area contributed by atoms with Crippen LogP contribution in [0.1, 0.15) is 83.6 Å². The summed E-state index contributed by atoms with van der Waals surface area (Å²) in [7, 11) is 0. The highest BCUT2D eigenvalue weighted by molar-refractivity contribution is 5.62. The molecule has 134 valence electrons. The van der Waals surface area contributed by atoms with E-state index >= 15 is 0 Å². The molecule has 0 aromatic heterocycles. The van der Waals surface area contributed by atoms with Gasteiger partial charge in [-0.05, 0) is 55.7 Å². The molecule has 0 amide bonds. The Hall–Kier alpha value is -1.18. The summed E-state index contributed by atoms with van der Waals surface area (Å²) in [6.45, 7) is 4.64. The Bertz CT molecular complexity index is 497. The first kappa shape index (κ1) is 17.6. The van der Waals surface area contributed by atoms with E-state index < -0.39 is 0 Å². The third kappa shape index (κ3) is 5.16. The fourth-order valence-electron chi connectivity index (χ4n) is 4.37. The molecule has 3 rings (SSSR count). The first-order valence-corrected chi connectivity index (χ1v) is 10.4. The van der Waals surface area contributed by atoms with Gasteiger partial charge in [0, 0.05) is 23.5 Å². The van der Waals surface area contributed by atoms with E-state index in [1.54, 1.807) is 0 Å². The minimum atomic E-state index is 0.676. The molecule has 0 saturated heterocycles. The van der Waals surface area contributed by atoms with E-state index in [0.29, 0.717) is 18.0 Å². The van der Waals surface area contributed by atoms with Crippen molar-refractivity contribution in [3.8, 4) is 0 Å². The number of nitrogens with one attached hydrogen (secondary N) is 2. The standard InChI is InChI=1S/C22H36N2/c1-17(2)15-18-13-14-21(23-19-9-5-3-6-10-19)16-22(18)24-20-11-7-4-8-12-20/h13-14,16-17,19-20,23-24H,3-12,15H2,1-2H3. The normalized spacial score (nSPS) is 20.3. The van der Waals surface area contributed by atoms with Crippen molar-refractivity contribution in [1.29, 1.82) is 0 Å². The van der Waals surface area contributed by atoms with Gasteiger partial charge in [-0.25, -0.2) is 0 Å². The van der Waals surface area contributed by atoms with Crippen molar-refractivity contribution in [2.24, 2.45) is 5.92 Å². The quantitative estimate of drug-likeness (QED) is 0.633. The molecule has 0 spiro atoms. The molecule has 2 nitrogen and oxygen atoms in total. The molecule has 0 unspecified atom stereocenters. The van der Waals surface area contributed by atoms with Gasteiger partial charge in [-0.3, -0.25) is 0 Å². The van der Waals surface area contributed by atoms with Crippen LogP contribution in [0.3, 0.4) is 0 Å². The molecule has 0 bridgehead atoms. The molecule has 1 aromatic carbocycles. The lowest BCUT2D eigenvalue weighted by Crippen LogP contribution is -2.24. The van der Waals surface area contributed by atoms with Gasteiger partial charge < -0.3 is 10.6 Å². The molecule has 2 fully saturated rings. The van der Waals surface area contributed by atoms with E-state index in [0.717, 1.165) is 0 Å². The molecular weight excluding hydrogens is 292 g/mol. The second-order valence-corrected chi connectivity index (χ2v) is 8.43. The van der Waals surface area contributed by atoms with Gasteiger partial charge in [0.15, 0.2) is 0 Å². The summed E-state index contributed by atoms with van der Waals surface area (Å²) in [4.78, 5) is 0. The number of hydrogen-bond donors (Lipinski definition) is 2. The lowest BCUT2D eigenvalue weighted by atomic mass is 9.93. The van der Waals surface area contributed by atoms with Crippen LogP contribution in [-0.4, -0.2) is 12.1 Å². The summed E-state index contributed by atoms with van der Waals surface area (Å²) >= 11 is 0. The predicted molar refractivity (Wildman–Crippen MR) is 106 cm³/mol. The number of rotatable bonds is 6. The minimum Gasteiger partial charge on any atom is -0.382 e. The van der Waals surface area contributed by atoms with E-state index in [9.17, 15) is 0 Å². The molecular formula is C22H36N2. The SMILES string of the molecule is CC(C)Cc1ccc(NC2CCCCC2)cc1NC1CCCCC1. The van der Waals surface area contributed by atoms with E-state index in [1.165, 1.54) is 87.6 Å². The van der Waals surface area contributed by atoms with Crippen molar-refractivity contribution in [2.75, 3.05) is 10.6 Å². The first-order valence-electron chi connectivity index (χ1n) is 10.4. The maximum Gasteiger partial charge on any atom is 0.0395 e. The fourth-order valence-corrected chi connectivity index (χ4v) is 4.37. The second kappa shape index (κ2) is 8.78. The summed E-state index contributed by atoms with van der Waals surface area (Å²) in [6, 6.07) is 8.40. The zero-order valence-corrected chi connectivity index (χ0v) is 15.7. The van der Waals surface area contributed by atoms with Gasteiger partial charge in [0.1, 0.15) is 0 Å². The van der Waals surface area contributed by atoms with Crippen molar-refractivity contribution in [3.05, 3.63) is 23.8 Å². The van der Waals surface area contributed by atoms with Gasteiger partial charge in [0.25, 0.3) is 0 Å². The fraction of sp³-hybridized carbons (Fsp3) is 0.727. The van der Waals surface area contributed by atoms with Crippen LogP contribution in [0.25, 0.3) is 0 Å².